The summed E-state index contributed by atoms with van der Waals surface area (Å²) in [5.74, 6) is 1.62. The van der Waals surface area contributed by atoms with Crippen LogP contribution in [0.25, 0.3) is 0 Å². The van der Waals surface area contributed by atoms with Crippen LogP contribution in [0.5, 0.6) is 0 Å². The van der Waals surface area contributed by atoms with Gasteiger partial charge in [-0.2, -0.15) is 0 Å². The summed E-state index contributed by atoms with van der Waals surface area (Å²) in [4.78, 5) is 0. The van der Waals surface area contributed by atoms with Crippen molar-refractivity contribution in [2.75, 3.05) is 20.3 Å². The molecule has 0 saturated carbocycles. The van der Waals surface area contributed by atoms with Gasteiger partial charge in [-0.05, 0) is 36.1 Å². The van der Waals surface area contributed by atoms with E-state index in [4.69, 9.17) is 4.74 Å². The molecule has 0 bridgehead atoms. The molecule has 104 valence electrons. The summed E-state index contributed by atoms with van der Waals surface area (Å²) in [5, 5.41) is 15.2. The van der Waals surface area contributed by atoms with E-state index in [0.29, 0.717) is 6.61 Å². The highest BCUT2D eigenvalue weighted by atomic mass is 16.5. The summed E-state index contributed by atoms with van der Waals surface area (Å²) in [6.07, 6.45) is 2.31. The maximum absolute atomic E-state index is 5.01. The highest BCUT2D eigenvalue weighted by Crippen LogP contribution is 2.10. The standard InChI is InChI=1S/C12H25N5O/c1-10(2)6-5-8-17-12(14-15-16-17)11(3)13-7-9-18-4/h10-11,13H,5-9H2,1-4H3. The van der Waals surface area contributed by atoms with Gasteiger partial charge in [0, 0.05) is 20.2 Å². The quantitative estimate of drug-likeness (QED) is 0.676. The minimum Gasteiger partial charge on any atom is -0.383 e. The van der Waals surface area contributed by atoms with Gasteiger partial charge in [0.2, 0.25) is 0 Å². The molecule has 0 aromatic carbocycles. The normalized spacial score (nSPS) is 13.2. The number of rotatable bonds is 9. The first-order valence-corrected chi connectivity index (χ1v) is 6.63. The summed E-state index contributed by atoms with van der Waals surface area (Å²) < 4.78 is 6.91. The Balaban J connectivity index is 2.42. The molecule has 6 heteroatoms. The minimum absolute atomic E-state index is 0.147. The van der Waals surface area contributed by atoms with Crippen LogP contribution in [-0.4, -0.2) is 40.5 Å². The van der Waals surface area contributed by atoms with E-state index in [1.165, 1.54) is 6.42 Å². The minimum atomic E-state index is 0.147. The first-order chi connectivity index (χ1) is 8.65. The Kier molecular flexibility index (Phi) is 6.82. The molecule has 18 heavy (non-hydrogen) atoms. The molecule has 0 aliphatic rings. The number of hydrogen-bond donors (Lipinski definition) is 1. The zero-order valence-corrected chi connectivity index (χ0v) is 11.9. The van der Waals surface area contributed by atoms with Crippen molar-refractivity contribution in [2.45, 2.75) is 46.2 Å². The van der Waals surface area contributed by atoms with Crippen LogP contribution in [0.1, 0.15) is 45.5 Å². The Morgan fingerprint density at radius 3 is 2.78 bits per heavy atom. The van der Waals surface area contributed by atoms with Crippen LogP contribution in [0, 0.1) is 5.92 Å². The van der Waals surface area contributed by atoms with Crippen molar-refractivity contribution in [3.05, 3.63) is 5.82 Å². The van der Waals surface area contributed by atoms with E-state index in [1.54, 1.807) is 7.11 Å². The van der Waals surface area contributed by atoms with Gasteiger partial charge in [-0.15, -0.1) is 5.10 Å². The molecular formula is C12H25N5O. The van der Waals surface area contributed by atoms with Crippen LogP contribution in [0.15, 0.2) is 0 Å². The van der Waals surface area contributed by atoms with Crippen molar-refractivity contribution in [1.82, 2.24) is 25.5 Å². The Bertz CT molecular complexity index is 326. The number of nitrogens with zero attached hydrogens (tertiary/aromatic N) is 4. The number of ether oxygens (including phenoxy) is 1. The predicted molar refractivity (Wildman–Crippen MR) is 70.2 cm³/mol. The molecule has 1 aromatic heterocycles. The van der Waals surface area contributed by atoms with Gasteiger partial charge in [0.05, 0.1) is 12.6 Å². The molecule has 1 aromatic rings. The fourth-order valence-corrected chi connectivity index (χ4v) is 1.80. The van der Waals surface area contributed by atoms with Gasteiger partial charge in [0.25, 0.3) is 0 Å². The molecule has 6 nitrogen and oxygen atoms in total. The number of aromatic nitrogens is 4. The number of nitrogens with one attached hydrogen (secondary N) is 1. The van der Waals surface area contributed by atoms with Gasteiger partial charge in [-0.1, -0.05) is 13.8 Å². The Morgan fingerprint density at radius 2 is 2.11 bits per heavy atom. The number of aryl methyl sites for hydroxylation is 1. The monoisotopic (exact) mass is 255 g/mol. The van der Waals surface area contributed by atoms with Crippen molar-refractivity contribution in [2.24, 2.45) is 5.92 Å². The van der Waals surface area contributed by atoms with Crippen LogP contribution >= 0.6 is 0 Å². The van der Waals surface area contributed by atoms with E-state index in [-0.39, 0.29) is 6.04 Å². The molecular weight excluding hydrogens is 230 g/mol. The molecule has 1 heterocycles. The third-order valence-corrected chi connectivity index (χ3v) is 2.85. The van der Waals surface area contributed by atoms with Crippen LogP contribution in [0.3, 0.4) is 0 Å². The zero-order chi connectivity index (χ0) is 13.4. The summed E-state index contributed by atoms with van der Waals surface area (Å²) in [5.41, 5.74) is 0. The van der Waals surface area contributed by atoms with Gasteiger partial charge < -0.3 is 10.1 Å². The van der Waals surface area contributed by atoms with Crippen molar-refractivity contribution >= 4 is 0 Å². The second-order valence-electron chi connectivity index (χ2n) is 4.96. The predicted octanol–water partition coefficient (Wildman–Crippen LogP) is 1.41. The third-order valence-electron chi connectivity index (χ3n) is 2.85. The maximum atomic E-state index is 5.01. The highest BCUT2D eigenvalue weighted by molar-refractivity contribution is 4.89. The van der Waals surface area contributed by atoms with Crippen LogP contribution in [0.4, 0.5) is 0 Å². The molecule has 1 N–H and O–H groups in total. The van der Waals surface area contributed by atoms with Crippen LogP contribution < -0.4 is 5.32 Å². The van der Waals surface area contributed by atoms with Crippen LogP contribution in [0.2, 0.25) is 0 Å². The summed E-state index contributed by atoms with van der Waals surface area (Å²) >= 11 is 0. The van der Waals surface area contributed by atoms with Gasteiger partial charge in [0.1, 0.15) is 0 Å². The molecule has 1 unspecified atom stereocenters. The first-order valence-electron chi connectivity index (χ1n) is 6.63. The smallest absolute Gasteiger partial charge is 0.167 e. The number of hydrogen-bond acceptors (Lipinski definition) is 5. The van der Waals surface area contributed by atoms with Crippen LogP contribution in [-0.2, 0) is 11.3 Å². The van der Waals surface area contributed by atoms with Gasteiger partial charge >= 0.3 is 0 Å². The van der Waals surface area contributed by atoms with E-state index in [0.717, 1.165) is 31.3 Å². The lowest BCUT2D eigenvalue weighted by molar-refractivity contribution is 0.195. The average Bonchev–Trinajstić information content (AvgIpc) is 2.77. The Morgan fingerprint density at radius 1 is 1.33 bits per heavy atom. The van der Waals surface area contributed by atoms with Gasteiger partial charge in [0.15, 0.2) is 5.82 Å². The summed E-state index contributed by atoms with van der Waals surface area (Å²) in [7, 11) is 1.70. The first kappa shape index (κ1) is 15.0. The van der Waals surface area contributed by atoms with E-state index >= 15 is 0 Å². The average molecular weight is 255 g/mol. The van der Waals surface area contributed by atoms with E-state index < -0.39 is 0 Å². The second kappa shape index (κ2) is 8.16. The molecule has 0 spiro atoms. The molecule has 1 rings (SSSR count). The lowest BCUT2D eigenvalue weighted by Crippen LogP contribution is -2.25. The molecule has 0 aliphatic heterocycles. The zero-order valence-electron chi connectivity index (χ0n) is 11.9. The van der Waals surface area contributed by atoms with Gasteiger partial charge in [-0.25, -0.2) is 4.68 Å². The van der Waals surface area contributed by atoms with Crippen molar-refractivity contribution in [3.8, 4) is 0 Å². The number of methoxy groups -OCH3 is 1. The van der Waals surface area contributed by atoms with E-state index in [2.05, 4.69) is 41.6 Å². The van der Waals surface area contributed by atoms with Crippen molar-refractivity contribution < 1.29 is 4.74 Å². The third kappa shape index (κ3) is 5.10. The lowest BCUT2D eigenvalue weighted by atomic mass is 10.1. The molecule has 0 saturated heterocycles. The highest BCUT2D eigenvalue weighted by Gasteiger charge is 2.13. The SMILES string of the molecule is COCCNC(C)c1nnnn1CCCC(C)C. The van der Waals surface area contributed by atoms with Crippen molar-refractivity contribution in [3.63, 3.8) is 0 Å². The molecule has 1 atom stereocenters. The van der Waals surface area contributed by atoms with Gasteiger partial charge in [-0.3, -0.25) is 0 Å². The summed E-state index contributed by atoms with van der Waals surface area (Å²) in [6, 6.07) is 0.147. The topological polar surface area (TPSA) is 64.9 Å². The maximum Gasteiger partial charge on any atom is 0.167 e. The number of tetrazole rings is 1. The van der Waals surface area contributed by atoms with E-state index in [9.17, 15) is 0 Å². The summed E-state index contributed by atoms with van der Waals surface area (Å²) in [6.45, 7) is 8.91. The molecule has 0 amide bonds. The second-order valence-corrected chi connectivity index (χ2v) is 4.96. The Hall–Kier alpha value is -1.01. The molecule has 0 radical (unpaired) electrons. The largest absolute Gasteiger partial charge is 0.383 e. The lowest BCUT2D eigenvalue weighted by Gasteiger charge is -2.13. The fraction of sp³-hybridized carbons (Fsp3) is 0.917. The molecule has 0 aliphatic carbocycles. The Labute approximate surface area is 109 Å². The fourth-order valence-electron chi connectivity index (χ4n) is 1.80. The molecule has 0 fully saturated rings. The van der Waals surface area contributed by atoms with Crippen molar-refractivity contribution in [1.29, 1.82) is 0 Å². The van der Waals surface area contributed by atoms with E-state index in [1.807, 2.05) is 4.68 Å².